The van der Waals surface area contributed by atoms with Crippen molar-refractivity contribution in [1.82, 2.24) is 9.97 Å². The summed E-state index contributed by atoms with van der Waals surface area (Å²) in [6, 6.07) is 8.41. The van der Waals surface area contributed by atoms with Gasteiger partial charge in [-0.1, -0.05) is 0 Å². The highest BCUT2D eigenvalue weighted by Gasteiger charge is 2.18. The summed E-state index contributed by atoms with van der Waals surface area (Å²) in [6.07, 6.45) is 1.39. The van der Waals surface area contributed by atoms with Gasteiger partial charge in [0.1, 0.15) is 11.6 Å². The monoisotopic (exact) mass is 299 g/mol. The number of aromatic nitrogens is 2. The Hall–Kier alpha value is -3.09. The van der Waals surface area contributed by atoms with Gasteiger partial charge in [-0.25, -0.2) is 9.37 Å². The first-order valence-electron chi connectivity index (χ1n) is 6.39. The SMILES string of the molecule is Cc1cc(Oc2ncccc2[N+](=O)[O-])c2cc(F)ccc2n1. The van der Waals surface area contributed by atoms with Crippen molar-refractivity contribution in [3.63, 3.8) is 0 Å². The highest BCUT2D eigenvalue weighted by molar-refractivity contribution is 5.85. The number of aryl methyl sites for hydroxylation is 1. The Morgan fingerprint density at radius 1 is 1.27 bits per heavy atom. The van der Waals surface area contributed by atoms with Gasteiger partial charge in [0.25, 0.3) is 5.88 Å². The molecule has 22 heavy (non-hydrogen) atoms. The van der Waals surface area contributed by atoms with Crippen molar-refractivity contribution in [1.29, 1.82) is 0 Å². The largest absolute Gasteiger partial charge is 0.433 e. The molecule has 1 aromatic carbocycles. The van der Waals surface area contributed by atoms with Gasteiger partial charge in [-0.05, 0) is 31.2 Å². The van der Waals surface area contributed by atoms with E-state index in [1.165, 1.54) is 36.5 Å². The zero-order chi connectivity index (χ0) is 15.7. The quantitative estimate of drug-likeness (QED) is 0.543. The van der Waals surface area contributed by atoms with Crippen LogP contribution in [0.25, 0.3) is 10.9 Å². The van der Waals surface area contributed by atoms with Gasteiger partial charge < -0.3 is 4.74 Å². The molecule has 6 nitrogen and oxygen atoms in total. The summed E-state index contributed by atoms with van der Waals surface area (Å²) in [5.74, 6) is -0.328. The van der Waals surface area contributed by atoms with Gasteiger partial charge in [0.05, 0.1) is 10.4 Å². The van der Waals surface area contributed by atoms with E-state index in [1.807, 2.05) is 0 Å². The lowest BCUT2D eigenvalue weighted by Gasteiger charge is -2.09. The topological polar surface area (TPSA) is 78.2 Å². The molecule has 0 saturated carbocycles. The Labute approximate surface area is 124 Å². The summed E-state index contributed by atoms with van der Waals surface area (Å²) in [6.45, 7) is 1.75. The second-order valence-corrected chi connectivity index (χ2v) is 4.61. The molecule has 0 spiro atoms. The minimum absolute atomic E-state index is 0.149. The first-order chi connectivity index (χ1) is 10.5. The van der Waals surface area contributed by atoms with Crippen molar-refractivity contribution in [3.8, 4) is 11.6 Å². The van der Waals surface area contributed by atoms with Gasteiger partial charge in [-0.2, -0.15) is 0 Å². The molecule has 0 radical (unpaired) electrons. The van der Waals surface area contributed by atoms with Crippen LogP contribution in [0.2, 0.25) is 0 Å². The van der Waals surface area contributed by atoms with Gasteiger partial charge in [-0.3, -0.25) is 15.1 Å². The van der Waals surface area contributed by atoms with Crippen molar-refractivity contribution in [3.05, 3.63) is 64.2 Å². The van der Waals surface area contributed by atoms with Crippen molar-refractivity contribution in [2.75, 3.05) is 0 Å². The Kier molecular flexibility index (Phi) is 3.38. The molecule has 0 aliphatic rings. The molecule has 0 bridgehead atoms. The number of hydrogen-bond acceptors (Lipinski definition) is 5. The minimum atomic E-state index is -0.584. The van der Waals surface area contributed by atoms with Crippen LogP contribution in [0.15, 0.2) is 42.6 Å². The average Bonchev–Trinajstić information content (AvgIpc) is 2.48. The molecule has 3 aromatic rings. The molecule has 0 atom stereocenters. The van der Waals surface area contributed by atoms with E-state index in [-0.39, 0.29) is 17.3 Å². The maximum absolute atomic E-state index is 13.5. The van der Waals surface area contributed by atoms with Crippen molar-refractivity contribution >= 4 is 16.6 Å². The predicted octanol–water partition coefficient (Wildman–Crippen LogP) is 3.78. The van der Waals surface area contributed by atoms with E-state index in [1.54, 1.807) is 13.0 Å². The fourth-order valence-corrected chi connectivity index (χ4v) is 2.08. The van der Waals surface area contributed by atoms with Crippen LogP contribution in [0.5, 0.6) is 11.6 Å². The van der Waals surface area contributed by atoms with E-state index in [2.05, 4.69) is 9.97 Å². The third kappa shape index (κ3) is 2.56. The van der Waals surface area contributed by atoms with Crippen molar-refractivity contribution in [2.24, 2.45) is 0 Å². The van der Waals surface area contributed by atoms with E-state index < -0.39 is 10.7 Å². The molecule has 0 N–H and O–H groups in total. The summed E-state index contributed by atoms with van der Waals surface area (Å²) in [5, 5.41) is 11.4. The Morgan fingerprint density at radius 2 is 2.09 bits per heavy atom. The molecule has 110 valence electrons. The van der Waals surface area contributed by atoms with Crippen LogP contribution in [0.3, 0.4) is 0 Å². The minimum Gasteiger partial charge on any atom is -0.433 e. The molecular weight excluding hydrogens is 289 g/mol. The van der Waals surface area contributed by atoms with Crippen LogP contribution in [0.1, 0.15) is 5.69 Å². The van der Waals surface area contributed by atoms with E-state index in [4.69, 9.17) is 4.74 Å². The molecule has 2 aromatic heterocycles. The maximum atomic E-state index is 13.5. The van der Waals surface area contributed by atoms with Crippen LogP contribution in [0, 0.1) is 22.9 Å². The number of rotatable bonds is 3. The molecule has 0 aliphatic carbocycles. The third-order valence-corrected chi connectivity index (χ3v) is 3.02. The van der Waals surface area contributed by atoms with Crippen LogP contribution < -0.4 is 4.74 Å². The standard InChI is InChI=1S/C15H10FN3O3/c1-9-7-14(11-8-10(16)4-5-12(11)18-9)22-15-13(19(20)21)3-2-6-17-15/h2-8H,1H3. The van der Waals surface area contributed by atoms with E-state index in [0.717, 1.165) is 0 Å². The van der Waals surface area contributed by atoms with Gasteiger partial charge in [0, 0.05) is 29.4 Å². The molecule has 0 unspecified atom stereocenters. The molecular formula is C15H10FN3O3. The fraction of sp³-hybridized carbons (Fsp3) is 0.0667. The summed E-state index contributed by atoms with van der Waals surface area (Å²) >= 11 is 0. The zero-order valence-corrected chi connectivity index (χ0v) is 11.5. The summed E-state index contributed by atoms with van der Waals surface area (Å²) in [5.41, 5.74) is 0.921. The maximum Gasteiger partial charge on any atom is 0.331 e. The molecule has 0 aliphatic heterocycles. The molecule has 3 rings (SSSR count). The van der Waals surface area contributed by atoms with Gasteiger partial charge >= 0.3 is 5.69 Å². The number of ether oxygens (including phenoxy) is 1. The van der Waals surface area contributed by atoms with Gasteiger partial charge in [0.2, 0.25) is 0 Å². The Balaban J connectivity index is 2.15. The zero-order valence-electron chi connectivity index (χ0n) is 11.5. The van der Waals surface area contributed by atoms with Crippen LogP contribution in [-0.4, -0.2) is 14.9 Å². The summed E-state index contributed by atoms with van der Waals surface area (Å²) in [7, 11) is 0. The number of hydrogen-bond donors (Lipinski definition) is 0. The summed E-state index contributed by atoms with van der Waals surface area (Å²) < 4.78 is 19.0. The van der Waals surface area contributed by atoms with Gasteiger partial charge in [-0.15, -0.1) is 0 Å². The average molecular weight is 299 g/mol. The number of halogens is 1. The lowest BCUT2D eigenvalue weighted by atomic mass is 10.2. The van der Waals surface area contributed by atoms with Crippen molar-refractivity contribution < 1.29 is 14.1 Å². The highest BCUT2D eigenvalue weighted by Crippen LogP contribution is 2.33. The Bertz CT molecular complexity index is 883. The van der Waals surface area contributed by atoms with E-state index in [0.29, 0.717) is 16.6 Å². The van der Waals surface area contributed by atoms with E-state index >= 15 is 0 Å². The normalized spacial score (nSPS) is 10.6. The molecule has 0 fully saturated rings. The smallest absolute Gasteiger partial charge is 0.331 e. The first kappa shape index (κ1) is 13.9. The van der Waals surface area contributed by atoms with Gasteiger partial charge in [0.15, 0.2) is 0 Å². The summed E-state index contributed by atoms with van der Waals surface area (Å²) in [4.78, 5) is 18.6. The predicted molar refractivity (Wildman–Crippen MR) is 77.4 cm³/mol. The number of fused-ring (bicyclic) bond motifs is 1. The Morgan fingerprint density at radius 3 is 2.86 bits per heavy atom. The van der Waals surface area contributed by atoms with Crippen molar-refractivity contribution in [2.45, 2.75) is 6.92 Å². The second-order valence-electron chi connectivity index (χ2n) is 4.61. The molecule has 7 heteroatoms. The molecule has 0 saturated heterocycles. The first-order valence-corrected chi connectivity index (χ1v) is 6.39. The molecule has 0 amide bonds. The second kappa shape index (κ2) is 5.36. The number of benzene rings is 1. The molecule has 2 heterocycles. The number of nitro groups is 1. The van der Waals surface area contributed by atoms with E-state index in [9.17, 15) is 14.5 Å². The number of nitrogens with zero attached hydrogens (tertiary/aromatic N) is 3. The highest BCUT2D eigenvalue weighted by atomic mass is 19.1. The van der Waals surface area contributed by atoms with Crippen LogP contribution >= 0.6 is 0 Å². The fourth-order valence-electron chi connectivity index (χ4n) is 2.08. The number of pyridine rings is 2. The lowest BCUT2D eigenvalue weighted by molar-refractivity contribution is -0.386. The van der Waals surface area contributed by atoms with Crippen LogP contribution in [-0.2, 0) is 0 Å². The third-order valence-electron chi connectivity index (χ3n) is 3.02. The lowest BCUT2D eigenvalue weighted by Crippen LogP contribution is -1.97. The van der Waals surface area contributed by atoms with Crippen LogP contribution in [0.4, 0.5) is 10.1 Å².